The minimum absolute atomic E-state index is 0.0527. The van der Waals surface area contributed by atoms with Gasteiger partial charge in [-0.1, -0.05) is 19.9 Å². The topological polar surface area (TPSA) is 15.3 Å². The summed E-state index contributed by atoms with van der Waals surface area (Å²) in [5, 5.41) is 3.34. The van der Waals surface area contributed by atoms with E-state index < -0.39 is 0 Å². The Morgan fingerprint density at radius 2 is 2.15 bits per heavy atom. The number of hydrogen-bond donors (Lipinski definition) is 1. The second-order valence-corrected chi connectivity index (χ2v) is 5.98. The zero-order valence-electron chi connectivity index (χ0n) is 13.0. The van der Waals surface area contributed by atoms with Gasteiger partial charge < -0.3 is 10.2 Å². The van der Waals surface area contributed by atoms with E-state index in [2.05, 4.69) is 30.1 Å². The number of rotatable bonds is 4. The molecule has 2 atom stereocenters. The highest BCUT2D eigenvalue weighted by molar-refractivity contribution is 5.55. The van der Waals surface area contributed by atoms with Crippen molar-refractivity contribution in [2.75, 3.05) is 24.5 Å². The molecular formula is C17H27FN2. The van der Waals surface area contributed by atoms with Crippen molar-refractivity contribution in [1.29, 1.82) is 0 Å². The lowest BCUT2D eigenvalue weighted by molar-refractivity contribution is 0.520. The highest BCUT2D eigenvalue weighted by atomic mass is 19.1. The predicted molar refractivity (Wildman–Crippen MR) is 83.7 cm³/mol. The summed E-state index contributed by atoms with van der Waals surface area (Å²) in [6.45, 7) is 9.36. The van der Waals surface area contributed by atoms with Gasteiger partial charge in [-0.15, -0.1) is 0 Å². The summed E-state index contributed by atoms with van der Waals surface area (Å²) in [4.78, 5) is 2.37. The zero-order valence-corrected chi connectivity index (χ0v) is 13.0. The van der Waals surface area contributed by atoms with Gasteiger partial charge in [0.05, 0.1) is 0 Å². The summed E-state index contributed by atoms with van der Waals surface area (Å²) in [7, 11) is 0. The van der Waals surface area contributed by atoms with Crippen LogP contribution in [0.1, 0.15) is 51.6 Å². The molecule has 0 aromatic heterocycles. The fourth-order valence-corrected chi connectivity index (χ4v) is 3.14. The SMILES string of the molecule is CCNC(C)c1c(F)cccc1N1CCCC(C)CC1. The van der Waals surface area contributed by atoms with Gasteiger partial charge in [0.2, 0.25) is 0 Å². The minimum atomic E-state index is -0.0896. The molecule has 112 valence electrons. The first-order valence-electron chi connectivity index (χ1n) is 7.90. The lowest BCUT2D eigenvalue weighted by atomic mass is 10.0. The molecule has 0 amide bonds. The zero-order chi connectivity index (χ0) is 14.5. The number of anilines is 1. The normalized spacial score (nSPS) is 21.6. The molecule has 2 nitrogen and oxygen atoms in total. The fraction of sp³-hybridized carbons (Fsp3) is 0.647. The van der Waals surface area contributed by atoms with Crippen LogP contribution in [0.25, 0.3) is 0 Å². The van der Waals surface area contributed by atoms with Crippen LogP contribution in [0, 0.1) is 11.7 Å². The van der Waals surface area contributed by atoms with Gasteiger partial charge in [0, 0.05) is 30.4 Å². The third kappa shape index (κ3) is 3.51. The maximum Gasteiger partial charge on any atom is 0.130 e. The Morgan fingerprint density at radius 1 is 1.35 bits per heavy atom. The van der Waals surface area contributed by atoms with Gasteiger partial charge in [0.15, 0.2) is 0 Å². The van der Waals surface area contributed by atoms with E-state index in [0.29, 0.717) is 0 Å². The third-order valence-electron chi connectivity index (χ3n) is 4.33. The van der Waals surface area contributed by atoms with Crippen molar-refractivity contribution in [3.8, 4) is 0 Å². The van der Waals surface area contributed by atoms with Gasteiger partial charge in [0.25, 0.3) is 0 Å². The molecule has 3 heteroatoms. The second kappa shape index (κ2) is 7.07. The quantitative estimate of drug-likeness (QED) is 0.891. The van der Waals surface area contributed by atoms with Crippen LogP contribution < -0.4 is 10.2 Å². The highest BCUT2D eigenvalue weighted by Gasteiger charge is 2.21. The molecule has 1 heterocycles. The Kier molecular flexibility index (Phi) is 5.41. The Labute approximate surface area is 122 Å². The number of halogens is 1. The minimum Gasteiger partial charge on any atom is -0.371 e. The molecule has 1 aromatic carbocycles. The van der Waals surface area contributed by atoms with E-state index in [1.165, 1.54) is 19.3 Å². The summed E-state index contributed by atoms with van der Waals surface area (Å²) in [5.41, 5.74) is 1.90. The van der Waals surface area contributed by atoms with Crippen LogP contribution in [0.4, 0.5) is 10.1 Å². The molecular weight excluding hydrogens is 251 g/mol. The molecule has 0 bridgehead atoms. The van der Waals surface area contributed by atoms with Crippen molar-refractivity contribution >= 4 is 5.69 Å². The predicted octanol–water partition coefficient (Wildman–Crippen LogP) is 4.12. The molecule has 0 radical (unpaired) electrons. The summed E-state index contributed by atoms with van der Waals surface area (Å²) in [5.74, 6) is 0.691. The highest BCUT2D eigenvalue weighted by Crippen LogP contribution is 2.31. The molecule has 0 aliphatic carbocycles. The van der Waals surface area contributed by atoms with Gasteiger partial charge >= 0.3 is 0 Å². The van der Waals surface area contributed by atoms with Crippen LogP contribution in [-0.2, 0) is 0 Å². The lowest BCUT2D eigenvalue weighted by Gasteiger charge is -2.28. The first-order valence-corrected chi connectivity index (χ1v) is 7.90. The van der Waals surface area contributed by atoms with Crippen LogP contribution in [0.3, 0.4) is 0 Å². The monoisotopic (exact) mass is 278 g/mol. The molecule has 1 saturated heterocycles. The summed E-state index contributed by atoms with van der Waals surface area (Å²) >= 11 is 0. The van der Waals surface area contributed by atoms with E-state index >= 15 is 0 Å². The second-order valence-electron chi connectivity index (χ2n) is 5.98. The van der Waals surface area contributed by atoms with Crippen molar-refractivity contribution < 1.29 is 4.39 Å². The van der Waals surface area contributed by atoms with Gasteiger partial charge in [-0.3, -0.25) is 0 Å². The largest absolute Gasteiger partial charge is 0.371 e. The number of nitrogens with one attached hydrogen (secondary N) is 1. The molecule has 1 aliphatic heterocycles. The van der Waals surface area contributed by atoms with Gasteiger partial charge in [0.1, 0.15) is 5.82 Å². The van der Waals surface area contributed by atoms with Gasteiger partial charge in [-0.2, -0.15) is 0 Å². The first-order chi connectivity index (χ1) is 9.63. The maximum atomic E-state index is 14.3. The molecule has 1 N–H and O–H groups in total. The fourth-order valence-electron chi connectivity index (χ4n) is 3.14. The van der Waals surface area contributed by atoms with Crippen molar-refractivity contribution in [2.45, 2.75) is 46.1 Å². The molecule has 2 unspecified atom stereocenters. The molecule has 1 fully saturated rings. The number of hydrogen-bond acceptors (Lipinski definition) is 2. The van der Waals surface area contributed by atoms with Crippen molar-refractivity contribution in [3.05, 3.63) is 29.6 Å². The van der Waals surface area contributed by atoms with Crippen molar-refractivity contribution in [1.82, 2.24) is 5.32 Å². The molecule has 2 rings (SSSR count). The summed E-state index contributed by atoms with van der Waals surface area (Å²) in [6, 6.07) is 5.54. The molecule has 0 saturated carbocycles. The third-order valence-corrected chi connectivity index (χ3v) is 4.33. The van der Waals surface area contributed by atoms with Crippen LogP contribution in [0.5, 0.6) is 0 Å². The average Bonchev–Trinajstić information content (AvgIpc) is 2.63. The van der Waals surface area contributed by atoms with E-state index in [-0.39, 0.29) is 11.9 Å². The van der Waals surface area contributed by atoms with Crippen LogP contribution >= 0.6 is 0 Å². The molecule has 20 heavy (non-hydrogen) atoms. The van der Waals surface area contributed by atoms with Gasteiger partial charge in [-0.05, 0) is 50.8 Å². The standard InChI is InChI=1S/C17H27FN2/c1-4-19-14(3)17-15(18)8-5-9-16(17)20-11-6-7-13(2)10-12-20/h5,8-9,13-14,19H,4,6-7,10-12H2,1-3H3. The van der Waals surface area contributed by atoms with E-state index in [9.17, 15) is 4.39 Å². The summed E-state index contributed by atoms with van der Waals surface area (Å²) < 4.78 is 14.3. The smallest absolute Gasteiger partial charge is 0.130 e. The Bertz CT molecular complexity index is 433. The van der Waals surface area contributed by atoms with E-state index in [0.717, 1.165) is 36.8 Å². The maximum absolute atomic E-state index is 14.3. The Morgan fingerprint density at radius 3 is 2.90 bits per heavy atom. The van der Waals surface area contributed by atoms with E-state index in [4.69, 9.17) is 0 Å². The van der Waals surface area contributed by atoms with Crippen LogP contribution in [0.2, 0.25) is 0 Å². The number of nitrogens with zero attached hydrogens (tertiary/aromatic N) is 1. The van der Waals surface area contributed by atoms with Gasteiger partial charge in [-0.25, -0.2) is 4.39 Å². The Balaban J connectivity index is 2.28. The van der Waals surface area contributed by atoms with Crippen LogP contribution in [-0.4, -0.2) is 19.6 Å². The van der Waals surface area contributed by atoms with Crippen LogP contribution in [0.15, 0.2) is 18.2 Å². The first kappa shape index (κ1) is 15.3. The lowest BCUT2D eigenvalue weighted by Crippen LogP contribution is -2.28. The molecule has 0 spiro atoms. The summed E-state index contributed by atoms with van der Waals surface area (Å²) in [6.07, 6.45) is 3.68. The Hall–Kier alpha value is -1.09. The molecule has 1 aromatic rings. The number of benzene rings is 1. The van der Waals surface area contributed by atoms with E-state index in [1.807, 2.05) is 13.0 Å². The molecule has 1 aliphatic rings. The van der Waals surface area contributed by atoms with Crippen molar-refractivity contribution in [3.63, 3.8) is 0 Å². The average molecular weight is 278 g/mol. The van der Waals surface area contributed by atoms with Crippen molar-refractivity contribution in [2.24, 2.45) is 5.92 Å². The van der Waals surface area contributed by atoms with E-state index in [1.54, 1.807) is 6.07 Å².